The highest BCUT2D eigenvalue weighted by Gasteiger charge is 2.31. The number of ether oxygens (including phenoxy) is 1. The van der Waals surface area contributed by atoms with E-state index in [0.29, 0.717) is 9.47 Å². The summed E-state index contributed by atoms with van der Waals surface area (Å²) in [5.41, 5.74) is 1.32. The van der Waals surface area contributed by atoms with Crippen LogP contribution in [-0.4, -0.2) is 22.5 Å². The predicted molar refractivity (Wildman–Crippen MR) is 97.0 cm³/mol. The Hall–Kier alpha value is -2.59. The van der Waals surface area contributed by atoms with Crippen LogP contribution in [0.2, 0.25) is 0 Å². The third kappa shape index (κ3) is 5.97. The van der Waals surface area contributed by atoms with Crippen LogP contribution >= 0.6 is 23.1 Å². The number of anilines is 1. The van der Waals surface area contributed by atoms with Crippen LogP contribution in [0.4, 0.5) is 18.3 Å². The van der Waals surface area contributed by atoms with E-state index in [1.165, 1.54) is 35.2 Å². The second kappa shape index (κ2) is 8.40. The summed E-state index contributed by atoms with van der Waals surface area (Å²) in [6.45, 7) is 0. The van der Waals surface area contributed by atoms with E-state index in [-0.39, 0.29) is 5.56 Å². The summed E-state index contributed by atoms with van der Waals surface area (Å²) in [7, 11) is 0. The molecule has 10 heteroatoms. The Kier molecular flexibility index (Phi) is 5.97. The van der Waals surface area contributed by atoms with Gasteiger partial charge in [-0.3, -0.25) is 10.1 Å². The number of benzene rings is 2. The van der Waals surface area contributed by atoms with Gasteiger partial charge in [0, 0.05) is 11.3 Å². The summed E-state index contributed by atoms with van der Waals surface area (Å²) >= 11 is 2.72. The van der Waals surface area contributed by atoms with Crippen molar-refractivity contribution in [1.29, 1.82) is 0 Å². The van der Waals surface area contributed by atoms with Gasteiger partial charge in [-0.05, 0) is 29.8 Å². The van der Waals surface area contributed by atoms with Crippen molar-refractivity contribution in [2.24, 2.45) is 0 Å². The van der Waals surface area contributed by atoms with E-state index in [1.54, 1.807) is 0 Å². The molecule has 27 heavy (non-hydrogen) atoms. The summed E-state index contributed by atoms with van der Waals surface area (Å²) < 4.78 is 40.9. The van der Waals surface area contributed by atoms with Gasteiger partial charge in [0.25, 0.3) is 5.91 Å². The number of hydrogen-bond donors (Lipinski definition) is 1. The van der Waals surface area contributed by atoms with E-state index in [0.717, 1.165) is 23.4 Å². The number of nitrogens with one attached hydrogen (secondary N) is 1. The van der Waals surface area contributed by atoms with E-state index in [2.05, 4.69) is 20.3 Å². The molecule has 2 aromatic carbocycles. The second-order valence-electron chi connectivity index (χ2n) is 5.17. The van der Waals surface area contributed by atoms with Gasteiger partial charge in [-0.2, -0.15) is 0 Å². The molecule has 1 N–H and O–H groups in total. The third-order valence-electron chi connectivity index (χ3n) is 3.18. The van der Waals surface area contributed by atoms with Gasteiger partial charge in [0.15, 0.2) is 4.34 Å². The molecule has 3 rings (SSSR count). The largest absolute Gasteiger partial charge is 0.573 e. The highest BCUT2D eigenvalue weighted by atomic mass is 32.2. The normalized spacial score (nSPS) is 11.2. The van der Waals surface area contributed by atoms with E-state index < -0.39 is 18.0 Å². The fourth-order valence-corrected chi connectivity index (χ4v) is 3.72. The van der Waals surface area contributed by atoms with Crippen molar-refractivity contribution in [3.8, 4) is 5.75 Å². The summed E-state index contributed by atoms with van der Waals surface area (Å²) in [4.78, 5) is 12.2. The van der Waals surface area contributed by atoms with Crippen LogP contribution in [0.15, 0.2) is 58.9 Å². The van der Waals surface area contributed by atoms with E-state index in [4.69, 9.17) is 0 Å². The summed E-state index contributed by atoms with van der Waals surface area (Å²) in [5, 5.41) is 10.8. The molecule has 140 valence electrons. The highest BCUT2D eigenvalue weighted by Crippen LogP contribution is 2.28. The van der Waals surface area contributed by atoms with Crippen LogP contribution < -0.4 is 10.1 Å². The molecule has 1 amide bonds. The summed E-state index contributed by atoms with van der Waals surface area (Å²) in [5.74, 6) is -0.164. The van der Waals surface area contributed by atoms with Gasteiger partial charge in [0.1, 0.15) is 5.75 Å². The molecule has 0 spiro atoms. The zero-order valence-electron chi connectivity index (χ0n) is 13.6. The Balaban J connectivity index is 1.56. The quantitative estimate of drug-likeness (QED) is 0.458. The van der Waals surface area contributed by atoms with Gasteiger partial charge in [0.05, 0.1) is 0 Å². The topological polar surface area (TPSA) is 64.1 Å². The second-order valence-corrected chi connectivity index (χ2v) is 7.37. The lowest BCUT2D eigenvalue weighted by atomic mass is 10.2. The molecular weight excluding hydrogens is 399 g/mol. The van der Waals surface area contributed by atoms with Crippen LogP contribution in [0.1, 0.15) is 15.9 Å². The van der Waals surface area contributed by atoms with Crippen molar-refractivity contribution in [2.75, 3.05) is 5.32 Å². The standard InChI is InChI=1S/C17H12F3N3O2S2/c18-17(19,20)25-13-8-6-12(7-9-13)14(24)21-15-22-23-16(27-15)26-10-11-4-2-1-3-5-11/h1-9H,10H2,(H,21,22,24). The number of nitrogens with zero attached hydrogens (tertiary/aromatic N) is 2. The molecule has 0 aliphatic rings. The van der Waals surface area contributed by atoms with Crippen LogP contribution in [0, 0.1) is 0 Å². The number of carbonyl (C=O) groups is 1. The first-order valence-electron chi connectivity index (χ1n) is 7.56. The molecule has 1 heterocycles. The number of carbonyl (C=O) groups excluding carboxylic acids is 1. The Bertz CT molecular complexity index is 900. The first kappa shape index (κ1) is 19.2. The lowest BCUT2D eigenvalue weighted by molar-refractivity contribution is -0.274. The number of amides is 1. The SMILES string of the molecule is O=C(Nc1nnc(SCc2ccccc2)s1)c1ccc(OC(F)(F)F)cc1. The first-order chi connectivity index (χ1) is 12.9. The molecule has 3 aromatic rings. The zero-order chi connectivity index (χ0) is 19.3. The van der Waals surface area contributed by atoms with E-state index >= 15 is 0 Å². The third-order valence-corrected chi connectivity index (χ3v) is 5.23. The molecular formula is C17H12F3N3O2S2. The summed E-state index contributed by atoms with van der Waals surface area (Å²) in [6, 6.07) is 14.5. The number of rotatable bonds is 6. The van der Waals surface area contributed by atoms with Crippen LogP contribution in [-0.2, 0) is 5.75 Å². The molecule has 0 fully saturated rings. The minimum absolute atomic E-state index is 0.179. The lowest BCUT2D eigenvalue weighted by Gasteiger charge is -2.08. The molecule has 0 saturated heterocycles. The van der Waals surface area contributed by atoms with Crippen LogP contribution in [0.3, 0.4) is 0 Å². The maximum atomic E-state index is 12.2. The predicted octanol–water partition coefficient (Wildman–Crippen LogP) is 4.98. The number of aromatic nitrogens is 2. The van der Waals surface area contributed by atoms with Crippen LogP contribution in [0.25, 0.3) is 0 Å². The minimum Gasteiger partial charge on any atom is -0.406 e. The van der Waals surface area contributed by atoms with Gasteiger partial charge >= 0.3 is 6.36 Å². The van der Waals surface area contributed by atoms with Gasteiger partial charge in [-0.1, -0.05) is 53.4 Å². The molecule has 0 aliphatic heterocycles. The molecule has 5 nitrogen and oxygen atoms in total. The van der Waals surface area contributed by atoms with Crippen molar-refractivity contribution in [3.05, 3.63) is 65.7 Å². The van der Waals surface area contributed by atoms with E-state index in [9.17, 15) is 18.0 Å². The van der Waals surface area contributed by atoms with Crippen molar-refractivity contribution in [3.63, 3.8) is 0 Å². The average Bonchev–Trinajstić information content (AvgIpc) is 3.07. The Morgan fingerprint density at radius 3 is 2.44 bits per heavy atom. The van der Waals surface area contributed by atoms with Crippen molar-refractivity contribution in [1.82, 2.24) is 10.2 Å². The fraction of sp³-hybridized carbons (Fsp3) is 0.118. The van der Waals surface area contributed by atoms with Gasteiger partial charge in [-0.15, -0.1) is 23.4 Å². The Labute approximate surface area is 160 Å². The number of hydrogen-bond acceptors (Lipinski definition) is 6. The van der Waals surface area contributed by atoms with Gasteiger partial charge in [-0.25, -0.2) is 0 Å². The number of alkyl halides is 3. The Morgan fingerprint density at radius 2 is 1.78 bits per heavy atom. The smallest absolute Gasteiger partial charge is 0.406 e. The van der Waals surface area contributed by atoms with E-state index in [1.807, 2.05) is 30.3 Å². The Morgan fingerprint density at radius 1 is 1.07 bits per heavy atom. The molecule has 1 aromatic heterocycles. The maximum Gasteiger partial charge on any atom is 0.573 e. The fourth-order valence-electron chi connectivity index (χ4n) is 2.02. The van der Waals surface area contributed by atoms with Gasteiger partial charge < -0.3 is 4.74 Å². The first-order valence-corrected chi connectivity index (χ1v) is 9.37. The molecule has 0 bridgehead atoms. The average molecular weight is 411 g/mol. The van der Waals surface area contributed by atoms with Crippen molar-refractivity contribution >= 4 is 34.1 Å². The van der Waals surface area contributed by atoms with Gasteiger partial charge in [0.2, 0.25) is 5.13 Å². The molecule has 0 atom stereocenters. The number of halogens is 3. The molecule has 0 radical (unpaired) electrons. The zero-order valence-corrected chi connectivity index (χ0v) is 15.2. The monoisotopic (exact) mass is 411 g/mol. The minimum atomic E-state index is -4.77. The molecule has 0 unspecified atom stereocenters. The number of thioether (sulfide) groups is 1. The molecule has 0 aliphatic carbocycles. The lowest BCUT2D eigenvalue weighted by Crippen LogP contribution is -2.17. The van der Waals surface area contributed by atoms with Crippen molar-refractivity contribution in [2.45, 2.75) is 16.5 Å². The maximum absolute atomic E-state index is 12.2. The summed E-state index contributed by atoms with van der Waals surface area (Å²) in [6.07, 6.45) is -4.77. The van der Waals surface area contributed by atoms with Crippen LogP contribution in [0.5, 0.6) is 5.75 Å². The molecule has 0 saturated carbocycles. The van der Waals surface area contributed by atoms with Crippen molar-refractivity contribution < 1.29 is 22.7 Å². The highest BCUT2D eigenvalue weighted by molar-refractivity contribution is 8.00.